The Hall–Kier alpha value is -1.65. The molecule has 0 radical (unpaired) electrons. The van der Waals surface area contributed by atoms with Crippen molar-refractivity contribution in [3.05, 3.63) is 23.8 Å². The Morgan fingerprint density at radius 3 is 2.92 bits per heavy atom. The van der Waals surface area contributed by atoms with Crippen LogP contribution in [0.5, 0.6) is 0 Å². The van der Waals surface area contributed by atoms with Gasteiger partial charge in [-0.2, -0.15) is 0 Å². The molecule has 1 aromatic heterocycles. The van der Waals surface area contributed by atoms with Crippen molar-refractivity contribution in [2.24, 2.45) is 0 Å². The summed E-state index contributed by atoms with van der Waals surface area (Å²) < 4.78 is 28.2. The molecule has 3 rings (SSSR count). The summed E-state index contributed by atoms with van der Waals surface area (Å²) in [5.74, 6) is 0.802. The molecule has 1 aliphatic heterocycles. The van der Waals surface area contributed by atoms with Crippen LogP contribution in [0.4, 0.5) is 10.8 Å². The van der Waals surface area contributed by atoms with Crippen LogP contribution < -0.4 is 9.62 Å². The maximum atomic E-state index is 12.5. The van der Waals surface area contributed by atoms with Gasteiger partial charge in [0.15, 0.2) is 4.34 Å². The fraction of sp³-hybridized carbons (Fsp3) is 0.357. The number of amides is 1. The molecule has 0 saturated carbocycles. The highest BCUT2D eigenvalue weighted by Crippen LogP contribution is 2.31. The zero-order chi connectivity index (χ0) is 17.3. The van der Waals surface area contributed by atoms with Crippen LogP contribution in [0.15, 0.2) is 27.4 Å². The molecule has 128 valence electrons. The van der Waals surface area contributed by atoms with Crippen LogP contribution in [0, 0.1) is 0 Å². The largest absolute Gasteiger partial charge is 0.312 e. The van der Waals surface area contributed by atoms with Gasteiger partial charge >= 0.3 is 0 Å². The number of benzene rings is 1. The molecule has 1 aliphatic rings. The molecule has 1 amide bonds. The standard InChI is InChI=1S/C14H16N4O3S3/c1-3-22-14-16-15-13(23-14)17-24(20,21)11-4-5-12-10(8-11)6-7-18(12)9(2)19/h4-5,8H,3,6-7H2,1-2H3,(H,15,17). The van der Waals surface area contributed by atoms with E-state index in [0.29, 0.717) is 13.0 Å². The lowest BCUT2D eigenvalue weighted by atomic mass is 10.2. The van der Waals surface area contributed by atoms with Gasteiger partial charge in [-0.3, -0.25) is 9.52 Å². The number of sulfonamides is 1. The minimum atomic E-state index is -3.73. The first kappa shape index (κ1) is 17.2. The number of carbonyl (C=O) groups is 1. The summed E-state index contributed by atoms with van der Waals surface area (Å²) in [5, 5.41) is 8.04. The predicted molar refractivity (Wildman–Crippen MR) is 95.3 cm³/mol. The second-order valence-electron chi connectivity index (χ2n) is 5.12. The molecular formula is C14H16N4O3S3. The minimum Gasteiger partial charge on any atom is -0.312 e. The van der Waals surface area contributed by atoms with E-state index in [1.54, 1.807) is 17.0 Å². The topological polar surface area (TPSA) is 92.3 Å². The lowest BCUT2D eigenvalue weighted by Gasteiger charge is -2.14. The van der Waals surface area contributed by atoms with Crippen LogP contribution in [0.2, 0.25) is 0 Å². The number of aromatic nitrogens is 2. The Bertz CT molecular complexity index is 879. The summed E-state index contributed by atoms with van der Waals surface area (Å²) in [4.78, 5) is 13.4. The Labute approximate surface area is 148 Å². The van der Waals surface area contributed by atoms with E-state index in [9.17, 15) is 13.2 Å². The van der Waals surface area contributed by atoms with Crippen molar-refractivity contribution in [3.63, 3.8) is 0 Å². The number of fused-ring (bicyclic) bond motifs is 1. The predicted octanol–water partition coefficient (Wildman–Crippen LogP) is 2.36. The molecule has 0 atom stereocenters. The SMILES string of the molecule is CCSc1nnc(NS(=O)(=O)c2ccc3c(c2)CCN3C(C)=O)s1. The zero-order valence-electron chi connectivity index (χ0n) is 13.1. The van der Waals surface area contributed by atoms with E-state index in [4.69, 9.17) is 0 Å². The molecule has 1 aromatic carbocycles. The molecule has 0 aliphatic carbocycles. The van der Waals surface area contributed by atoms with Crippen molar-refractivity contribution in [1.29, 1.82) is 0 Å². The molecule has 2 heterocycles. The monoisotopic (exact) mass is 384 g/mol. The van der Waals surface area contributed by atoms with Crippen LogP contribution in [-0.4, -0.2) is 36.8 Å². The quantitative estimate of drug-likeness (QED) is 0.796. The Kier molecular flexibility index (Phi) is 4.79. The summed E-state index contributed by atoms with van der Waals surface area (Å²) in [6, 6.07) is 4.80. The number of anilines is 2. The summed E-state index contributed by atoms with van der Waals surface area (Å²) in [7, 11) is -3.73. The number of hydrogen-bond donors (Lipinski definition) is 1. The maximum Gasteiger partial charge on any atom is 0.263 e. The molecular weight excluding hydrogens is 368 g/mol. The molecule has 7 nitrogen and oxygen atoms in total. The van der Waals surface area contributed by atoms with E-state index in [1.165, 1.54) is 36.1 Å². The van der Waals surface area contributed by atoms with Crippen molar-refractivity contribution >= 4 is 49.8 Å². The first-order valence-corrected chi connectivity index (χ1v) is 10.6. The van der Waals surface area contributed by atoms with E-state index in [-0.39, 0.29) is 15.9 Å². The Morgan fingerprint density at radius 1 is 1.42 bits per heavy atom. The number of thioether (sulfide) groups is 1. The molecule has 10 heteroatoms. The molecule has 1 N–H and O–H groups in total. The van der Waals surface area contributed by atoms with Gasteiger partial charge in [0.05, 0.1) is 4.90 Å². The summed E-state index contributed by atoms with van der Waals surface area (Å²) in [6.07, 6.45) is 0.647. The average Bonchev–Trinajstić information content (AvgIpc) is 3.13. The minimum absolute atomic E-state index is 0.0442. The van der Waals surface area contributed by atoms with Crippen molar-refractivity contribution in [2.75, 3.05) is 21.9 Å². The van der Waals surface area contributed by atoms with Gasteiger partial charge in [0, 0.05) is 19.2 Å². The number of rotatable bonds is 5. The molecule has 0 unspecified atom stereocenters. The fourth-order valence-corrected chi connectivity index (χ4v) is 5.41. The Morgan fingerprint density at radius 2 is 2.21 bits per heavy atom. The van der Waals surface area contributed by atoms with Crippen LogP contribution in [0.1, 0.15) is 19.4 Å². The second-order valence-corrected chi connectivity index (χ2v) is 9.29. The van der Waals surface area contributed by atoms with Gasteiger partial charge in [-0.1, -0.05) is 30.0 Å². The number of carbonyl (C=O) groups excluding carboxylic acids is 1. The van der Waals surface area contributed by atoms with Crippen LogP contribution in [0.25, 0.3) is 0 Å². The van der Waals surface area contributed by atoms with Gasteiger partial charge in [0.2, 0.25) is 11.0 Å². The van der Waals surface area contributed by atoms with Gasteiger partial charge in [0.1, 0.15) is 0 Å². The third-order valence-corrected chi connectivity index (χ3v) is 6.85. The van der Waals surface area contributed by atoms with Crippen molar-refractivity contribution < 1.29 is 13.2 Å². The summed E-state index contributed by atoms with van der Waals surface area (Å²) in [6.45, 7) is 4.07. The van der Waals surface area contributed by atoms with Crippen molar-refractivity contribution in [2.45, 2.75) is 29.5 Å². The summed E-state index contributed by atoms with van der Waals surface area (Å²) in [5.41, 5.74) is 1.63. The lowest BCUT2D eigenvalue weighted by Crippen LogP contribution is -2.25. The third kappa shape index (κ3) is 3.40. The van der Waals surface area contributed by atoms with E-state index in [1.807, 2.05) is 6.92 Å². The average molecular weight is 385 g/mol. The van der Waals surface area contributed by atoms with E-state index < -0.39 is 10.0 Å². The molecule has 0 fully saturated rings. The van der Waals surface area contributed by atoms with E-state index >= 15 is 0 Å². The third-order valence-electron chi connectivity index (χ3n) is 3.53. The zero-order valence-corrected chi connectivity index (χ0v) is 15.6. The molecule has 2 aromatic rings. The number of nitrogens with one attached hydrogen (secondary N) is 1. The van der Waals surface area contributed by atoms with Crippen molar-refractivity contribution in [1.82, 2.24) is 10.2 Å². The highest BCUT2D eigenvalue weighted by molar-refractivity contribution is 8.01. The van der Waals surface area contributed by atoms with Crippen molar-refractivity contribution in [3.8, 4) is 0 Å². The van der Waals surface area contributed by atoms with Gasteiger partial charge < -0.3 is 4.90 Å². The number of nitrogens with zero attached hydrogens (tertiary/aromatic N) is 3. The fourth-order valence-electron chi connectivity index (χ4n) is 2.48. The highest BCUT2D eigenvalue weighted by Gasteiger charge is 2.25. The molecule has 0 saturated heterocycles. The smallest absolute Gasteiger partial charge is 0.263 e. The molecule has 0 bridgehead atoms. The molecule has 0 spiro atoms. The van der Waals surface area contributed by atoms with E-state index in [0.717, 1.165) is 21.3 Å². The first-order chi connectivity index (χ1) is 11.4. The normalized spacial score (nSPS) is 13.8. The number of hydrogen-bond acceptors (Lipinski definition) is 7. The molecule has 24 heavy (non-hydrogen) atoms. The first-order valence-electron chi connectivity index (χ1n) is 7.31. The summed E-state index contributed by atoms with van der Waals surface area (Å²) >= 11 is 2.72. The van der Waals surface area contributed by atoms with Gasteiger partial charge in [-0.05, 0) is 35.9 Å². The van der Waals surface area contributed by atoms with Gasteiger partial charge in [-0.15, -0.1) is 10.2 Å². The van der Waals surface area contributed by atoms with Gasteiger partial charge in [0.25, 0.3) is 10.0 Å². The Balaban J connectivity index is 1.84. The van der Waals surface area contributed by atoms with Crippen LogP contribution >= 0.6 is 23.1 Å². The maximum absolute atomic E-state index is 12.5. The van der Waals surface area contributed by atoms with Crippen LogP contribution in [0.3, 0.4) is 0 Å². The van der Waals surface area contributed by atoms with Gasteiger partial charge in [-0.25, -0.2) is 8.42 Å². The lowest BCUT2D eigenvalue weighted by molar-refractivity contribution is -0.116. The van der Waals surface area contributed by atoms with Crippen LogP contribution in [-0.2, 0) is 21.2 Å². The van der Waals surface area contributed by atoms with E-state index in [2.05, 4.69) is 14.9 Å². The highest BCUT2D eigenvalue weighted by atomic mass is 32.2. The second kappa shape index (κ2) is 6.69.